The highest BCUT2D eigenvalue weighted by atomic mass is 35.5. The molecule has 0 saturated carbocycles. The van der Waals surface area contributed by atoms with E-state index in [0.29, 0.717) is 30.3 Å². The molecule has 3 rings (SSSR count). The predicted octanol–water partition coefficient (Wildman–Crippen LogP) is 5.74. The van der Waals surface area contributed by atoms with Gasteiger partial charge in [0.1, 0.15) is 6.07 Å². The fourth-order valence-electron chi connectivity index (χ4n) is 2.69. The third kappa shape index (κ3) is 5.59. The summed E-state index contributed by atoms with van der Waals surface area (Å²) in [7, 11) is 2.01. The molecule has 1 N–H and O–H groups in total. The zero-order valence-corrected chi connectivity index (χ0v) is 18.4. The molecular weight excluding hydrogens is 447 g/mol. The summed E-state index contributed by atoms with van der Waals surface area (Å²) in [5.74, 6) is 0.401. The number of nitrogens with zero attached hydrogens (tertiary/aromatic N) is 3. The van der Waals surface area contributed by atoms with Crippen LogP contribution in [0, 0.1) is 11.3 Å². The maximum Gasteiger partial charge on any atom is 0.232 e. The molecule has 0 unspecified atom stereocenters. The highest BCUT2D eigenvalue weighted by Gasteiger charge is 2.18. The average molecular weight is 466 g/mol. The molecule has 0 bridgehead atoms. The third-order valence-corrected chi connectivity index (χ3v) is 5.28. The van der Waals surface area contributed by atoms with Gasteiger partial charge in [-0.15, -0.1) is 0 Å². The Hall–Kier alpha value is -2.43. The molecule has 0 fully saturated rings. The Bertz CT molecular complexity index is 1030. The van der Waals surface area contributed by atoms with Crippen molar-refractivity contribution in [2.24, 2.45) is 0 Å². The number of likely N-dealkylation sites (N-methyl/N-ethyl adjacent to an activating group) is 1. The SMILES string of the molecule is CN(CCOCCNc1oc(-c2cc(Cl)cc(Cl)c2Cl)nc1C#N)c1ccccc1. The molecule has 0 spiro atoms. The first-order chi connectivity index (χ1) is 14.5. The molecule has 1 heterocycles. The second-order valence-corrected chi connectivity index (χ2v) is 7.58. The Labute approximate surface area is 189 Å². The first kappa shape index (κ1) is 22.3. The van der Waals surface area contributed by atoms with Gasteiger partial charge in [0.25, 0.3) is 0 Å². The van der Waals surface area contributed by atoms with E-state index in [2.05, 4.69) is 15.2 Å². The van der Waals surface area contributed by atoms with Crippen molar-refractivity contribution in [3.8, 4) is 17.5 Å². The van der Waals surface area contributed by atoms with Gasteiger partial charge in [0, 0.05) is 30.8 Å². The largest absolute Gasteiger partial charge is 0.419 e. The van der Waals surface area contributed by atoms with Crippen LogP contribution in [0.5, 0.6) is 0 Å². The molecule has 0 atom stereocenters. The van der Waals surface area contributed by atoms with E-state index in [1.54, 1.807) is 6.07 Å². The standard InChI is InChI=1S/C21H19Cl3N4O2/c1-28(15-5-3-2-4-6-15)8-10-29-9-7-26-21-18(13-25)27-20(30-21)16-11-14(22)12-17(23)19(16)24/h2-6,11-12,26H,7-10H2,1H3. The minimum Gasteiger partial charge on any atom is -0.419 e. The summed E-state index contributed by atoms with van der Waals surface area (Å²) in [4.78, 5) is 6.29. The van der Waals surface area contributed by atoms with E-state index in [4.69, 9.17) is 44.0 Å². The van der Waals surface area contributed by atoms with E-state index >= 15 is 0 Å². The molecule has 30 heavy (non-hydrogen) atoms. The summed E-state index contributed by atoms with van der Waals surface area (Å²) in [5.41, 5.74) is 1.66. The van der Waals surface area contributed by atoms with E-state index in [1.165, 1.54) is 6.07 Å². The predicted molar refractivity (Wildman–Crippen MR) is 121 cm³/mol. The molecule has 0 aliphatic carbocycles. The van der Waals surface area contributed by atoms with Crippen molar-refractivity contribution >= 4 is 46.4 Å². The van der Waals surface area contributed by atoms with Gasteiger partial charge < -0.3 is 19.4 Å². The van der Waals surface area contributed by atoms with Crippen LogP contribution in [0.1, 0.15) is 5.69 Å². The average Bonchev–Trinajstić information content (AvgIpc) is 3.16. The van der Waals surface area contributed by atoms with Crippen molar-refractivity contribution in [2.75, 3.05) is 43.6 Å². The van der Waals surface area contributed by atoms with Crippen LogP contribution in [-0.2, 0) is 4.74 Å². The van der Waals surface area contributed by atoms with Gasteiger partial charge in [-0.2, -0.15) is 10.2 Å². The zero-order chi connectivity index (χ0) is 21.5. The Morgan fingerprint density at radius 3 is 2.67 bits per heavy atom. The van der Waals surface area contributed by atoms with E-state index in [1.807, 2.05) is 43.4 Å². The number of rotatable bonds is 9. The van der Waals surface area contributed by atoms with Gasteiger partial charge in [-0.3, -0.25) is 0 Å². The molecule has 9 heteroatoms. The number of halogens is 3. The Morgan fingerprint density at radius 1 is 1.17 bits per heavy atom. The van der Waals surface area contributed by atoms with Gasteiger partial charge in [-0.25, -0.2) is 0 Å². The van der Waals surface area contributed by atoms with Crippen LogP contribution in [-0.4, -0.2) is 38.3 Å². The lowest BCUT2D eigenvalue weighted by molar-refractivity contribution is 0.150. The molecule has 0 aliphatic rings. The van der Waals surface area contributed by atoms with E-state index < -0.39 is 0 Å². The summed E-state index contributed by atoms with van der Waals surface area (Å²) in [6.45, 7) is 2.21. The molecule has 1 aromatic heterocycles. The first-order valence-electron chi connectivity index (χ1n) is 9.13. The molecular formula is C21H19Cl3N4O2. The van der Waals surface area contributed by atoms with Crippen LogP contribution in [0.4, 0.5) is 11.6 Å². The van der Waals surface area contributed by atoms with Crippen LogP contribution in [0.25, 0.3) is 11.5 Å². The summed E-state index contributed by atoms with van der Waals surface area (Å²) in [6, 6.07) is 15.2. The van der Waals surface area contributed by atoms with Crippen LogP contribution in [0.3, 0.4) is 0 Å². The second-order valence-electron chi connectivity index (χ2n) is 6.35. The van der Waals surface area contributed by atoms with Crippen LogP contribution < -0.4 is 10.2 Å². The Balaban J connectivity index is 1.52. The van der Waals surface area contributed by atoms with Crippen molar-refractivity contribution in [3.05, 3.63) is 63.2 Å². The second kappa shape index (κ2) is 10.6. The number of oxazole rings is 1. The van der Waals surface area contributed by atoms with E-state index in [9.17, 15) is 5.26 Å². The number of anilines is 2. The van der Waals surface area contributed by atoms with Crippen LogP contribution in [0.15, 0.2) is 46.9 Å². The summed E-state index contributed by atoms with van der Waals surface area (Å²) >= 11 is 18.3. The Kier molecular flexibility index (Phi) is 7.83. The molecule has 6 nitrogen and oxygen atoms in total. The topological polar surface area (TPSA) is 74.3 Å². The molecule has 156 valence electrons. The van der Waals surface area contributed by atoms with E-state index in [0.717, 1.165) is 12.2 Å². The van der Waals surface area contributed by atoms with Gasteiger partial charge in [0.05, 0.1) is 28.8 Å². The fourth-order valence-corrected chi connectivity index (χ4v) is 3.38. The number of ether oxygens (including phenoxy) is 1. The Morgan fingerprint density at radius 2 is 1.93 bits per heavy atom. The van der Waals surface area contributed by atoms with Crippen LogP contribution in [0.2, 0.25) is 15.1 Å². The number of nitriles is 1. The molecule has 0 radical (unpaired) electrons. The lowest BCUT2D eigenvalue weighted by Crippen LogP contribution is -2.23. The van der Waals surface area contributed by atoms with Gasteiger partial charge >= 0.3 is 0 Å². The van der Waals surface area contributed by atoms with Crippen molar-refractivity contribution < 1.29 is 9.15 Å². The van der Waals surface area contributed by atoms with Gasteiger partial charge in [0.2, 0.25) is 17.5 Å². The van der Waals surface area contributed by atoms with Crippen molar-refractivity contribution in [2.45, 2.75) is 0 Å². The molecule has 2 aromatic carbocycles. The van der Waals surface area contributed by atoms with Crippen molar-refractivity contribution in [3.63, 3.8) is 0 Å². The minimum absolute atomic E-state index is 0.112. The molecule has 0 amide bonds. The smallest absolute Gasteiger partial charge is 0.232 e. The molecule has 0 saturated heterocycles. The van der Waals surface area contributed by atoms with Crippen molar-refractivity contribution in [1.29, 1.82) is 5.26 Å². The number of hydrogen-bond donors (Lipinski definition) is 1. The van der Waals surface area contributed by atoms with Gasteiger partial charge in [0.15, 0.2) is 0 Å². The maximum atomic E-state index is 9.33. The van der Waals surface area contributed by atoms with E-state index in [-0.39, 0.29) is 27.5 Å². The third-order valence-electron chi connectivity index (χ3n) is 4.26. The summed E-state index contributed by atoms with van der Waals surface area (Å²) < 4.78 is 11.3. The van der Waals surface area contributed by atoms with Crippen LogP contribution >= 0.6 is 34.8 Å². The lowest BCUT2D eigenvalue weighted by atomic mass is 10.2. The van der Waals surface area contributed by atoms with Crippen molar-refractivity contribution in [1.82, 2.24) is 4.98 Å². The summed E-state index contributed by atoms with van der Waals surface area (Å²) in [5, 5.41) is 13.3. The number of aromatic nitrogens is 1. The number of para-hydroxylation sites is 1. The molecule has 0 aliphatic heterocycles. The highest BCUT2D eigenvalue weighted by molar-refractivity contribution is 6.44. The molecule has 3 aromatic rings. The lowest BCUT2D eigenvalue weighted by Gasteiger charge is -2.19. The number of benzene rings is 2. The zero-order valence-electron chi connectivity index (χ0n) is 16.2. The fraction of sp³-hybridized carbons (Fsp3) is 0.238. The minimum atomic E-state index is 0.112. The first-order valence-corrected chi connectivity index (χ1v) is 10.3. The normalized spacial score (nSPS) is 10.6. The van der Waals surface area contributed by atoms with Gasteiger partial charge in [-0.05, 0) is 24.3 Å². The maximum absolute atomic E-state index is 9.33. The van der Waals surface area contributed by atoms with Gasteiger partial charge in [-0.1, -0.05) is 53.0 Å². The quantitative estimate of drug-likeness (QED) is 0.321. The number of nitrogens with one attached hydrogen (secondary N) is 1. The highest BCUT2D eigenvalue weighted by Crippen LogP contribution is 2.37. The summed E-state index contributed by atoms with van der Waals surface area (Å²) in [6.07, 6.45) is 0. The monoisotopic (exact) mass is 464 g/mol. The number of hydrogen-bond acceptors (Lipinski definition) is 6.